The van der Waals surface area contributed by atoms with Crippen molar-refractivity contribution in [2.75, 3.05) is 17.9 Å². The van der Waals surface area contributed by atoms with Gasteiger partial charge in [0.1, 0.15) is 27.8 Å². The van der Waals surface area contributed by atoms with Crippen molar-refractivity contribution >= 4 is 26.5 Å². The average Bonchev–Trinajstić information content (AvgIpc) is 3.35. The van der Waals surface area contributed by atoms with Gasteiger partial charge in [0.15, 0.2) is 0 Å². The molecule has 2 aromatic carbocycles. The number of nitrogens with zero attached hydrogens (tertiary/aromatic N) is 3. The number of fused-ring (bicyclic) bond motifs is 1. The topological polar surface area (TPSA) is 84.4 Å². The van der Waals surface area contributed by atoms with Crippen molar-refractivity contribution in [2.24, 2.45) is 5.92 Å². The lowest BCUT2D eigenvalue weighted by Crippen LogP contribution is -2.44. The van der Waals surface area contributed by atoms with E-state index in [4.69, 9.17) is 4.74 Å². The van der Waals surface area contributed by atoms with E-state index < -0.39 is 50.7 Å². The highest BCUT2D eigenvalue weighted by Gasteiger charge is 2.46. The molecule has 3 aromatic rings. The maximum atomic E-state index is 15.2. The number of hydrogen-bond acceptors (Lipinski definition) is 7. The van der Waals surface area contributed by atoms with E-state index in [1.165, 1.54) is 29.8 Å². The van der Waals surface area contributed by atoms with Crippen molar-refractivity contribution in [1.29, 1.82) is 0 Å². The van der Waals surface area contributed by atoms with Gasteiger partial charge in [-0.1, -0.05) is 23.5 Å². The van der Waals surface area contributed by atoms with E-state index in [-0.39, 0.29) is 36.9 Å². The van der Waals surface area contributed by atoms with Crippen LogP contribution in [0.25, 0.3) is 0 Å². The van der Waals surface area contributed by atoms with Gasteiger partial charge in [0.05, 0.1) is 12.5 Å². The number of benzene rings is 2. The van der Waals surface area contributed by atoms with Crippen LogP contribution in [0.2, 0.25) is 0 Å². The molecule has 0 aliphatic carbocycles. The van der Waals surface area contributed by atoms with E-state index in [0.29, 0.717) is 17.5 Å². The van der Waals surface area contributed by atoms with Gasteiger partial charge < -0.3 is 4.74 Å². The SMILES string of the molecule is O=S(=O)(Nc1nncs1)c1cc2c(cc1F)[C@@H](N1CCC(C(F)(F)F)CC1c1ccc(F)cc1)CCO2. The third-order valence-electron chi connectivity index (χ3n) is 6.71. The van der Waals surface area contributed by atoms with Crippen LogP contribution in [0.3, 0.4) is 0 Å². The molecule has 0 saturated carbocycles. The molecule has 14 heteroatoms. The van der Waals surface area contributed by atoms with Gasteiger partial charge in [0.25, 0.3) is 10.0 Å². The molecule has 2 aliphatic heterocycles. The molecule has 2 aliphatic rings. The Bertz CT molecular complexity index is 1370. The summed E-state index contributed by atoms with van der Waals surface area (Å²) in [6.45, 7) is 0.221. The number of rotatable bonds is 5. The first-order valence-electron chi connectivity index (χ1n) is 11.4. The van der Waals surface area contributed by atoms with E-state index >= 15 is 4.39 Å². The minimum absolute atomic E-state index is 0.0365. The highest BCUT2D eigenvalue weighted by Crippen LogP contribution is 2.48. The first-order chi connectivity index (χ1) is 17.5. The summed E-state index contributed by atoms with van der Waals surface area (Å²) in [5.74, 6) is -2.94. The highest BCUT2D eigenvalue weighted by atomic mass is 32.2. The van der Waals surface area contributed by atoms with E-state index in [1.807, 2.05) is 4.90 Å². The van der Waals surface area contributed by atoms with Crippen LogP contribution in [0.1, 0.15) is 42.5 Å². The molecule has 5 rings (SSSR count). The number of piperidine rings is 1. The van der Waals surface area contributed by atoms with Crippen molar-refractivity contribution in [1.82, 2.24) is 15.1 Å². The fourth-order valence-electron chi connectivity index (χ4n) is 4.98. The number of aromatic nitrogens is 2. The first kappa shape index (κ1) is 25.8. The van der Waals surface area contributed by atoms with E-state index in [2.05, 4.69) is 14.9 Å². The maximum Gasteiger partial charge on any atom is 0.391 e. The molecule has 2 unspecified atom stereocenters. The van der Waals surface area contributed by atoms with Gasteiger partial charge in [-0.3, -0.25) is 9.62 Å². The van der Waals surface area contributed by atoms with Crippen LogP contribution in [0.4, 0.5) is 27.1 Å². The van der Waals surface area contributed by atoms with Gasteiger partial charge in [0, 0.05) is 30.1 Å². The van der Waals surface area contributed by atoms with E-state index in [9.17, 15) is 26.0 Å². The zero-order valence-electron chi connectivity index (χ0n) is 19.1. The molecule has 0 spiro atoms. The third-order valence-corrected chi connectivity index (χ3v) is 8.80. The van der Waals surface area contributed by atoms with Crippen molar-refractivity contribution < 1.29 is 35.1 Å². The minimum Gasteiger partial charge on any atom is -0.493 e. The molecular formula is C23H21F5N4O3S2. The second kappa shape index (κ2) is 9.80. The summed E-state index contributed by atoms with van der Waals surface area (Å²) in [7, 11) is -4.34. The molecule has 37 heavy (non-hydrogen) atoms. The van der Waals surface area contributed by atoms with Crippen LogP contribution in [0.5, 0.6) is 5.75 Å². The Balaban J connectivity index is 1.50. The average molecular weight is 561 g/mol. The predicted molar refractivity (Wildman–Crippen MR) is 125 cm³/mol. The summed E-state index contributed by atoms with van der Waals surface area (Å²) < 4.78 is 103. The largest absolute Gasteiger partial charge is 0.493 e. The molecule has 7 nitrogen and oxygen atoms in total. The van der Waals surface area contributed by atoms with E-state index in [0.717, 1.165) is 23.5 Å². The smallest absolute Gasteiger partial charge is 0.391 e. The van der Waals surface area contributed by atoms with Crippen LogP contribution in [0, 0.1) is 17.6 Å². The molecular weight excluding hydrogens is 539 g/mol. The summed E-state index contributed by atoms with van der Waals surface area (Å²) >= 11 is 0.923. The second-order valence-electron chi connectivity index (χ2n) is 8.89. The first-order valence-corrected chi connectivity index (χ1v) is 13.7. The summed E-state index contributed by atoms with van der Waals surface area (Å²) in [6.07, 6.45) is -4.40. The zero-order chi connectivity index (χ0) is 26.4. The highest BCUT2D eigenvalue weighted by molar-refractivity contribution is 7.93. The zero-order valence-corrected chi connectivity index (χ0v) is 20.7. The number of sulfonamides is 1. The molecule has 1 N–H and O–H groups in total. The van der Waals surface area contributed by atoms with Crippen molar-refractivity contribution in [2.45, 2.75) is 42.4 Å². The van der Waals surface area contributed by atoms with Crippen LogP contribution < -0.4 is 9.46 Å². The van der Waals surface area contributed by atoms with E-state index in [1.54, 1.807) is 0 Å². The lowest BCUT2D eigenvalue weighted by molar-refractivity contribution is -0.192. The molecule has 3 atom stereocenters. The number of ether oxygens (including phenoxy) is 1. The van der Waals surface area contributed by atoms with Crippen molar-refractivity contribution in [3.05, 3.63) is 64.7 Å². The Morgan fingerprint density at radius 3 is 2.51 bits per heavy atom. The molecule has 1 saturated heterocycles. The fourth-order valence-corrected chi connectivity index (χ4v) is 6.74. The summed E-state index contributed by atoms with van der Waals surface area (Å²) in [4.78, 5) is 1.21. The Morgan fingerprint density at radius 2 is 1.84 bits per heavy atom. The number of hydrogen-bond donors (Lipinski definition) is 1. The van der Waals surface area contributed by atoms with Crippen molar-refractivity contribution in [3.8, 4) is 5.75 Å². The number of alkyl halides is 3. The maximum absolute atomic E-state index is 15.2. The molecule has 0 radical (unpaired) electrons. The molecule has 198 valence electrons. The Morgan fingerprint density at radius 1 is 1.08 bits per heavy atom. The van der Waals surface area contributed by atoms with Crippen LogP contribution in [-0.4, -0.2) is 42.8 Å². The van der Waals surface area contributed by atoms with Gasteiger partial charge in [-0.2, -0.15) is 13.2 Å². The molecule has 0 bridgehead atoms. The second-order valence-corrected chi connectivity index (χ2v) is 11.4. The van der Waals surface area contributed by atoms with Gasteiger partial charge in [-0.25, -0.2) is 17.2 Å². The number of halogens is 5. The van der Waals surface area contributed by atoms with Crippen LogP contribution in [0.15, 0.2) is 46.8 Å². The van der Waals surface area contributed by atoms with Crippen LogP contribution >= 0.6 is 11.3 Å². The van der Waals surface area contributed by atoms with Gasteiger partial charge >= 0.3 is 6.18 Å². The molecule has 1 fully saturated rings. The fraction of sp³-hybridized carbons (Fsp3) is 0.391. The lowest BCUT2D eigenvalue weighted by atomic mass is 9.84. The standard InChI is InChI=1S/C23H21F5N4O3S2/c24-15-3-1-13(2-4-15)19-9-14(23(26,27)28)5-7-32(19)18-6-8-35-20-11-21(17(25)10-16(18)20)37(33,34)31-22-30-29-12-36-22/h1-4,10-12,14,18-19H,5-9H2,(H,30,31)/t14?,18-,19?/m0/s1. The summed E-state index contributed by atoms with van der Waals surface area (Å²) in [5, 5.41) is 7.10. The Hall–Kier alpha value is -2.84. The monoisotopic (exact) mass is 560 g/mol. The third kappa shape index (κ3) is 5.27. The Labute approximate surface area is 213 Å². The quantitative estimate of drug-likeness (QED) is 0.418. The van der Waals surface area contributed by atoms with Crippen LogP contribution in [-0.2, 0) is 10.0 Å². The number of likely N-dealkylation sites (tertiary alicyclic amines) is 1. The van der Waals surface area contributed by atoms with Gasteiger partial charge in [-0.15, -0.1) is 10.2 Å². The van der Waals surface area contributed by atoms with Crippen molar-refractivity contribution in [3.63, 3.8) is 0 Å². The Kier molecular flexibility index (Phi) is 6.83. The predicted octanol–water partition coefficient (Wildman–Crippen LogP) is 5.46. The molecule has 0 amide bonds. The number of anilines is 1. The normalized spacial score (nSPS) is 22.8. The number of nitrogens with one attached hydrogen (secondary N) is 1. The molecule has 3 heterocycles. The van der Waals surface area contributed by atoms with Gasteiger partial charge in [-0.05, 0) is 43.1 Å². The minimum atomic E-state index is -4.38. The summed E-state index contributed by atoms with van der Waals surface area (Å²) in [6, 6.07) is 6.22. The lowest BCUT2D eigenvalue weighted by Gasteiger charge is -2.46. The summed E-state index contributed by atoms with van der Waals surface area (Å²) in [5.41, 5.74) is 2.18. The van der Waals surface area contributed by atoms with Gasteiger partial charge in [0.2, 0.25) is 5.13 Å². The molecule has 1 aromatic heterocycles.